The molecule has 1 unspecified atom stereocenters. The molecule has 130 valence electrons. The van der Waals surface area contributed by atoms with Gasteiger partial charge in [0.15, 0.2) is 0 Å². The predicted molar refractivity (Wildman–Crippen MR) is 99.8 cm³/mol. The van der Waals surface area contributed by atoms with Crippen molar-refractivity contribution in [3.8, 4) is 0 Å². The molecular weight excluding hydrogens is 294 g/mol. The van der Waals surface area contributed by atoms with E-state index in [2.05, 4.69) is 35.2 Å². The normalized spacial score (nSPS) is 24.8. The van der Waals surface area contributed by atoms with Crippen LogP contribution in [0.1, 0.15) is 75.0 Å². The van der Waals surface area contributed by atoms with Gasteiger partial charge in [-0.1, -0.05) is 55.2 Å². The van der Waals surface area contributed by atoms with E-state index in [1.165, 1.54) is 76.4 Å². The molecule has 1 aliphatic heterocycles. The molecule has 0 amide bonds. The quantitative estimate of drug-likeness (QED) is 0.847. The van der Waals surface area contributed by atoms with Crippen LogP contribution < -0.4 is 0 Å². The molecule has 0 radical (unpaired) electrons. The van der Waals surface area contributed by atoms with E-state index in [-0.39, 0.29) is 6.10 Å². The Balaban J connectivity index is 1.46. The first-order valence-electron chi connectivity index (χ1n) is 10.0. The highest BCUT2D eigenvalue weighted by Crippen LogP contribution is 2.37. The van der Waals surface area contributed by atoms with Crippen molar-refractivity contribution in [1.82, 2.24) is 4.90 Å². The first kappa shape index (κ1) is 16.4. The molecule has 1 N–H and O–H groups in total. The van der Waals surface area contributed by atoms with Crippen LogP contribution >= 0.6 is 0 Å². The topological polar surface area (TPSA) is 23.5 Å². The van der Waals surface area contributed by atoms with Gasteiger partial charge < -0.3 is 5.11 Å². The lowest BCUT2D eigenvalue weighted by Crippen LogP contribution is -2.43. The number of aliphatic hydroxyl groups excluding tert-OH is 1. The number of piperidine rings is 1. The third-order valence-corrected chi connectivity index (χ3v) is 6.55. The molecule has 2 nitrogen and oxygen atoms in total. The van der Waals surface area contributed by atoms with Gasteiger partial charge in [0.25, 0.3) is 0 Å². The largest absolute Gasteiger partial charge is 0.388 e. The zero-order chi connectivity index (χ0) is 16.4. The summed E-state index contributed by atoms with van der Waals surface area (Å²) in [4.78, 5) is 2.69. The summed E-state index contributed by atoms with van der Waals surface area (Å²) in [6.45, 7) is 2.45. The molecule has 0 aromatic heterocycles. The van der Waals surface area contributed by atoms with Crippen LogP contribution in [0, 0.1) is 5.92 Å². The highest BCUT2D eigenvalue weighted by Gasteiger charge is 2.28. The first-order valence-corrected chi connectivity index (χ1v) is 10.0. The van der Waals surface area contributed by atoms with E-state index in [0.29, 0.717) is 5.92 Å². The molecule has 1 saturated heterocycles. The van der Waals surface area contributed by atoms with Gasteiger partial charge in [0.1, 0.15) is 0 Å². The SMILES string of the molecule is OC(c1ccccc1C=C1CCN(C2CCC2)CC1)C1CCCC1. The van der Waals surface area contributed by atoms with Gasteiger partial charge in [0.05, 0.1) is 6.10 Å². The van der Waals surface area contributed by atoms with Crippen LogP contribution in [0.15, 0.2) is 29.8 Å². The molecule has 2 saturated carbocycles. The third kappa shape index (κ3) is 3.45. The monoisotopic (exact) mass is 325 g/mol. The van der Waals surface area contributed by atoms with Gasteiger partial charge in [0, 0.05) is 19.1 Å². The molecule has 1 heterocycles. The Hall–Kier alpha value is -1.12. The molecule has 1 atom stereocenters. The lowest BCUT2D eigenvalue weighted by atomic mass is 9.88. The molecule has 1 aromatic carbocycles. The Morgan fingerprint density at radius 1 is 0.958 bits per heavy atom. The average Bonchev–Trinajstić information content (AvgIpc) is 3.09. The Morgan fingerprint density at radius 3 is 2.33 bits per heavy atom. The summed E-state index contributed by atoms with van der Waals surface area (Å²) < 4.78 is 0. The maximum absolute atomic E-state index is 10.8. The highest BCUT2D eigenvalue weighted by molar-refractivity contribution is 5.57. The number of hydrogen-bond acceptors (Lipinski definition) is 2. The van der Waals surface area contributed by atoms with Crippen molar-refractivity contribution in [2.24, 2.45) is 5.92 Å². The number of aliphatic hydroxyl groups is 1. The fourth-order valence-electron chi connectivity index (χ4n) is 4.73. The Morgan fingerprint density at radius 2 is 1.67 bits per heavy atom. The second-order valence-corrected chi connectivity index (χ2v) is 8.04. The zero-order valence-electron chi connectivity index (χ0n) is 14.8. The minimum Gasteiger partial charge on any atom is -0.388 e. The van der Waals surface area contributed by atoms with Gasteiger partial charge in [-0.05, 0) is 55.6 Å². The van der Waals surface area contributed by atoms with Crippen LogP contribution in [0.2, 0.25) is 0 Å². The summed E-state index contributed by atoms with van der Waals surface area (Å²) in [5.74, 6) is 0.463. The summed E-state index contributed by atoms with van der Waals surface area (Å²) in [6.07, 6.45) is 13.7. The Kier molecular flexibility index (Phi) is 5.05. The van der Waals surface area contributed by atoms with E-state index in [1.807, 2.05) is 0 Å². The minimum atomic E-state index is -0.282. The second-order valence-electron chi connectivity index (χ2n) is 8.04. The van der Waals surface area contributed by atoms with Crippen molar-refractivity contribution in [3.05, 3.63) is 41.0 Å². The van der Waals surface area contributed by atoms with Crippen molar-refractivity contribution >= 4 is 6.08 Å². The van der Waals surface area contributed by atoms with Gasteiger partial charge in [-0.3, -0.25) is 4.90 Å². The van der Waals surface area contributed by atoms with Crippen molar-refractivity contribution in [1.29, 1.82) is 0 Å². The van der Waals surface area contributed by atoms with Gasteiger partial charge in [-0.15, -0.1) is 0 Å². The summed E-state index contributed by atoms with van der Waals surface area (Å²) in [7, 11) is 0. The van der Waals surface area contributed by atoms with Gasteiger partial charge >= 0.3 is 0 Å². The molecule has 3 aliphatic rings. The number of benzene rings is 1. The fourth-order valence-corrected chi connectivity index (χ4v) is 4.73. The van der Waals surface area contributed by atoms with E-state index < -0.39 is 0 Å². The fraction of sp³-hybridized carbons (Fsp3) is 0.636. The van der Waals surface area contributed by atoms with Crippen LogP contribution in [-0.4, -0.2) is 29.1 Å². The summed E-state index contributed by atoms with van der Waals surface area (Å²) in [5.41, 5.74) is 3.97. The van der Waals surface area contributed by atoms with Gasteiger partial charge in [0.2, 0.25) is 0 Å². The Bertz CT molecular complexity index is 573. The molecule has 2 aliphatic carbocycles. The molecule has 1 aromatic rings. The lowest BCUT2D eigenvalue weighted by molar-refractivity contribution is 0.111. The van der Waals surface area contributed by atoms with Crippen LogP contribution in [0.3, 0.4) is 0 Å². The average molecular weight is 325 g/mol. The van der Waals surface area contributed by atoms with Crippen LogP contribution in [0.4, 0.5) is 0 Å². The van der Waals surface area contributed by atoms with Crippen molar-refractivity contribution < 1.29 is 5.11 Å². The molecule has 24 heavy (non-hydrogen) atoms. The first-order chi connectivity index (χ1) is 11.8. The van der Waals surface area contributed by atoms with Crippen molar-refractivity contribution in [3.63, 3.8) is 0 Å². The number of hydrogen-bond donors (Lipinski definition) is 1. The van der Waals surface area contributed by atoms with Crippen molar-refractivity contribution in [2.75, 3.05) is 13.1 Å². The third-order valence-electron chi connectivity index (χ3n) is 6.55. The van der Waals surface area contributed by atoms with Crippen LogP contribution in [0.25, 0.3) is 6.08 Å². The second kappa shape index (κ2) is 7.41. The van der Waals surface area contributed by atoms with E-state index in [9.17, 15) is 5.11 Å². The molecule has 0 spiro atoms. The van der Waals surface area contributed by atoms with E-state index in [1.54, 1.807) is 5.57 Å². The predicted octanol–water partition coefficient (Wildman–Crippen LogP) is 4.94. The zero-order valence-corrected chi connectivity index (χ0v) is 14.8. The standard InChI is InChI=1S/C22H31NO/c24-22(18-6-1-2-7-18)21-11-4-3-8-19(21)16-17-12-14-23(15-13-17)20-9-5-10-20/h3-4,8,11,16,18,20,22,24H,1-2,5-7,9-10,12-15H2. The minimum absolute atomic E-state index is 0.282. The maximum Gasteiger partial charge on any atom is 0.0823 e. The number of nitrogens with zero attached hydrogens (tertiary/aromatic N) is 1. The summed E-state index contributed by atoms with van der Waals surface area (Å²) >= 11 is 0. The lowest BCUT2D eigenvalue weighted by Gasteiger charge is -2.40. The van der Waals surface area contributed by atoms with E-state index in [0.717, 1.165) is 11.6 Å². The molecule has 3 fully saturated rings. The summed E-state index contributed by atoms with van der Waals surface area (Å²) in [6, 6.07) is 9.40. The van der Waals surface area contributed by atoms with E-state index in [4.69, 9.17) is 0 Å². The highest BCUT2D eigenvalue weighted by atomic mass is 16.3. The molecule has 4 rings (SSSR count). The van der Waals surface area contributed by atoms with Crippen LogP contribution in [-0.2, 0) is 0 Å². The van der Waals surface area contributed by atoms with Crippen LogP contribution in [0.5, 0.6) is 0 Å². The molecular formula is C22H31NO. The Labute approximate surface area is 146 Å². The summed E-state index contributed by atoms with van der Waals surface area (Å²) in [5, 5.41) is 10.8. The molecule has 0 bridgehead atoms. The van der Waals surface area contributed by atoms with Gasteiger partial charge in [-0.2, -0.15) is 0 Å². The number of likely N-dealkylation sites (tertiary alicyclic amines) is 1. The van der Waals surface area contributed by atoms with Crippen molar-refractivity contribution in [2.45, 2.75) is 69.9 Å². The van der Waals surface area contributed by atoms with Gasteiger partial charge in [-0.25, -0.2) is 0 Å². The molecule has 2 heteroatoms. The number of rotatable bonds is 4. The maximum atomic E-state index is 10.8. The van der Waals surface area contributed by atoms with E-state index >= 15 is 0 Å². The smallest absolute Gasteiger partial charge is 0.0823 e.